The van der Waals surface area contributed by atoms with Crippen LogP contribution in [-0.2, 0) is 0 Å². The molecule has 0 spiro atoms. The van der Waals surface area contributed by atoms with Crippen molar-refractivity contribution in [3.8, 4) is 0 Å². The lowest BCUT2D eigenvalue weighted by atomic mass is 10.1. The summed E-state index contributed by atoms with van der Waals surface area (Å²) in [5.41, 5.74) is 7.19. The number of furan rings is 1. The Kier molecular flexibility index (Phi) is 3.54. The molecule has 0 aliphatic rings. The molecule has 3 aromatic rings. The molecule has 1 heterocycles. The van der Waals surface area contributed by atoms with E-state index in [1.165, 1.54) is 6.07 Å². The van der Waals surface area contributed by atoms with Crippen molar-refractivity contribution in [3.63, 3.8) is 0 Å². The summed E-state index contributed by atoms with van der Waals surface area (Å²) in [5.74, 6) is 0.104. The standard InChI is InChI=1S/C15H10BrClFNO/c16-10-4-9(5-11(17)7-10)14(19)13-6-8-2-1-3-12(18)15(8)20-13/h1-7,14H,19H2. The molecule has 0 aliphatic carbocycles. The fraction of sp³-hybridized carbons (Fsp3) is 0.0667. The third kappa shape index (κ3) is 2.46. The van der Waals surface area contributed by atoms with E-state index in [1.807, 2.05) is 6.07 Å². The highest BCUT2D eigenvalue weighted by molar-refractivity contribution is 9.10. The van der Waals surface area contributed by atoms with E-state index in [0.717, 1.165) is 10.0 Å². The SMILES string of the molecule is NC(c1cc(Cl)cc(Br)c1)c1cc2cccc(F)c2o1. The second kappa shape index (κ2) is 5.20. The number of halogens is 3. The summed E-state index contributed by atoms with van der Waals surface area (Å²) in [4.78, 5) is 0. The average molecular weight is 355 g/mol. The van der Waals surface area contributed by atoms with Crippen LogP contribution in [0, 0.1) is 5.82 Å². The minimum atomic E-state index is -0.503. The van der Waals surface area contributed by atoms with E-state index in [9.17, 15) is 4.39 Å². The zero-order chi connectivity index (χ0) is 14.3. The van der Waals surface area contributed by atoms with E-state index >= 15 is 0 Å². The number of nitrogens with two attached hydrogens (primary N) is 1. The maximum Gasteiger partial charge on any atom is 0.169 e. The Morgan fingerprint density at radius 3 is 2.70 bits per heavy atom. The summed E-state index contributed by atoms with van der Waals surface area (Å²) in [6.07, 6.45) is 0. The van der Waals surface area contributed by atoms with Crippen molar-refractivity contribution in [1.82, 2.24) is 0 Å². The lowest BCUT2D eigenvalue weighted by molar-refractivity contribution is 0.502. The molecule has 3 rings (SSSR count). The van der Waals surface area contributed by atoms with Crippen molar-refractivity contribution < 1.29 is 8.81 Å². The first kappa shape index (κ1) is 13.6. The van der Waals surface area contributed by atoms with Gasteiger partial charge in [0.1, 0.15) is 5.76 Å². The van der Waals surface area contributed by atoms with E-state index < -0.39 is 11.9 Å². The van der Waals surface area contributed by atoms with Gasteiger partial charge in [0.25, 0.3) is 0 Å². The Morgan fingerprint density at radius 2 is 2.00 bits per heavy atom. The largest absolute Gasteiger partial charge is 0.456 e. The molecule has 1 aromatic heterocycles. The molecule has 0 aliphatic heterocycles. The van der Waals surface area contributed by atoms with Gasteiger partial charge in [-0.2, -0.15) is 0 Å². The molecule has 0 fully saturated rings. The molecule has 20 heavy (non-hydrogen) atoms. The smallest absolute Gasteiger partial charge is 0.169 e. The highest BCUT2D eigenvalue weighted by Gasteiger charge is 2.16. The molecule has 102 valence electrons. The Labute approximate surface area is 128 Å². The maximum atomic E-state index is 13.6. The monoisotopic (exact) mass is 353 g/mol. The lowest BCUT2D eigenvalue weighted by Crippen LogP contribution is -2.10. The van der Waals surface area contributed by atoms with Crippen LogP contribution in [0.5, 0.6) is 0 Å². The van der Waals surface area contributed by atoms with Crippen molar-refractivity contribution in [2.45, 2.75) is 6.04 Å². The van der Waals surface area contributed by atoms with Crippen molar-refractivity contribution in [2.24, 2.45) is 5.73 Å². The molecule has 0 amide bonds. The molecular formula is C15H10BrClFNO. The molecule has 5 heteroatoms. The van der Waals surface area contributed by atoms with Gasteiger partial charge in [0.05, 0.1) is 6.04 Å². The second-order valence-electron chi connectivity index (χ2n) is 4.49. The number of hydrogen-bond donors (Lipinski definition) is 1. The molecule has 2 aromatic carbocycles. The van der Waals surface area contributed by atoms with Crippen LogP contribution < -0.4 is 5.73 Å². The summed E-state index contributed by atoms with van der Waals surface area (Å²) in [6, 6.07) is 11.4. The van der Waals surface area contributed by atoms with Crippen molar-refractivity contribution in [2.75, 3.05) is 0 Å². The summed E-state index contributed by atoms with van der Waals surface area (Å²) in [5, 5.41) is 1.27. The number of fused-ring (bicyclic) bond motifs is 1. The zero-order valence-corrected chi connectivity index (χ0v) is 12.6. The summed E-state index contributed by atoms with van der Waals surface area (Å²) in [7, 11) is 0. The number of para-hydroxylation sites is 1. The van der Waals surface area contributed by atoms with Crippen molar-refractivity contribution in [1.29, 1.82) is 0 Å². The number of benzene rings is 2. The first-order valence-corrected chi connectivity index (χ1v) is 7.11. The van der Waals surface area contributed by atoms with Gasteiger partial charge < -0.3 is 10.2 Å². The van der Waals surface area contributed by atoms with Gasteiger partial charge in [0.15, 0.2) is 11.4 Å². The fourth-order valence-electron chi connectivity index (χ4n) is 2.12. The molecule has 0 saturated carbocycles. The van der Waals surface area contributed by atoms with Gasteiger partial charge in [0, 0.05) is 14.9 Å². The first-order valence-electron chi connectivity index (χ1n) is 5.94. The topological polar surface area (TPSA) is 39.2 Å². The molecule has 1 unspecified atom stereocenters. The fourth-order valence-corrected chi connectivity index (χ4v) is 3.01. The third-order valence-electron chi connectivity index (χ3n) is 3.07. The van der Waals surface area contributed by atoms with Crippen LogP contribution in [0.1, 0.15) is 17.4 Å². The van der Waals surface area contributed by atoms with Crippen LogP contribution >= 0.6 is 27.5 Å². The van der Waals surface area contributed by atoms with Crippen LogP contribution in [0.4, 0.5) is 4.39 Å². The third-order valence-corrected chi connectivity index (χ3v) is 3.74. The first-order chi connectivity index (χ1) is 9.54. The van der Waals surface area contributed by atoms with Gasteiger partial charge in [-0.05, 0) is 35.9 Å². The molecule has 2 N–H and O–H groups in total. The summed E-state index contributed by atoms with van der Waals surface area (Å²) >= 11 is 9.38. The molecule has 0 radical (unpaired) electrons. The molecule has 0 bridgehead atoms. The van der Waals surface area contributed by atoms with Crippen LogP contribution in [0.25, 0.3) is 11.0 Å². The minimum Gasteiger partial charge on any atom is -0.456 e. The van der Waals surface area contributed by atoms with Gasteiger partial charge in [-0.3, -0.25) is 0 Å². The minimum absolute atomic E-state index is 0.221. The predicted molar refractivity (Wildman–Crippen MR) is 81.4 cm³/mol. The van der Waals surface area contributed by atoms with E-state index in [2.05, 4.69) is 15.9 Å². The number of hydrogen-bond acceptors (Lipinski definition) is 2. The van der Waals surface area contributed by atoms with Gasteiger partial charge in [-0.15, -0.1) is 0 Å². The van der Waals surface area contributed by atoms with Gasteiger partial charge in [-0.1, -0.05) is 39.7 Å². The van der Waals surface area contributed by atoms with Crippen molar-refractivity contribution in [3.05, 3.63) is 69.1 Å². The zero-order valence-electron chi connectivity index (χ0n) is 10.2. The number of rotatable bonds is 2. The van der Waals surface area contributed by atoms with Crippen molar-refractivity contribution >= 4 is 38.5 Å². The maximum absolute atomic E-state index is 13.6. The highest BCUT2D eigenvalue weighted by atomic mass is 79.9. The van der Waals surface area contributed by atoms with Crippen LogP contribution in [0.15, 0.2) is 51.4 Å². The summed E-state index contributed by atoms with van der Waals surface area (Å²) in [6.45, 7) is 0. The van der Waals surface area contributed by atoms with E-state index in [1.54, 1.807) is 30.3 Å². The second-order valence-corrected chi connectivity index (χ2v) is 5.84. The van der Waals surface area contributed by atoms with E-state index in [4.69, 9.17) is 21.8 Å². The molecule has 1 atom stereocenters. The molecular weight excluding hydrogens is 345 g/mol. The lowest BCUT2D eigenvalue weighted by Gasteiger charge is -2.10. The van der Waals surface area contributed by atoms with E-state index in [0.29, 0.717) is 16.2 Å². The summed E-state index contributed by atoms with van der Waals surface area (Å²) < 4.78 is 20.0. The Balaban J connectivity index is 2.07. The Bertz CT molecular complexity index is 766. The van der Waals surface area contributed by atoms with Crippen LogP contribution in [0.2, 0.25) is 5.02 Å². The van der Waals surface area contributed by atoms with E-state index in [-0.39, 0.29) is 5.58 Å². The quantitative estimate of drug-likeness (QED) is 0.700. The van der Waals surface area contributed by atoms with Gasteiger partial charge >= 0.3 is 0 Å². The predicted octanol–water partition coefficient (Wildman–Crippen LogP) is 5.04. The van der Waals surface area contributed by atoms with Crippen LogP contribution in [0.3, 0.4) is 0 Å². The Morgan fingerprint density at radius 1 is 1.20 bits per heavy atom. The molecule has 2 nitrogen and oxygen atoms in total. The van der Waals surface area contributed by atoms with Gasteiger partial charge in [0.2, 0.25) is 0 Å². The Hall–Kier alpha value is -1.36. The molecule has 0 saturated heterocycles. The average Bonchev–Trinajstić information content (AvgIpc) is 2.82. The van der Waals surface area contributed by atoms with Gasteiger partial charge in [-0.25, -0.2) is 4.39 Å². The highest BCUT2D eigenvalue weighted by Crippen LogP contribution is 2.30. The normalized spacial score (nSPS) is 12.8. The van der Waals surface area contributed by atoms with Crippen LogP contribution in [-0.4, -0.2) is 0 Å².